The average Bonchev–Trinajstić information content (AvgIpc) is 2.68. The van der Waals surface area contributed by atoms with Gasteiger partial charge in [0.05, 0.1) is 5.92 Å². The summed E-state index contributed by atoms with van der Waals surface area (Å²) >= 11 is 0. The molecule has 6 nitrogen and oxygen atoms in total. The number of likely N-dealkylation sites (tertiary alicyclic amines) is 1. The van der Waals surface area contributed by atoms with Crippen LogP contribution in [0.2, 0.25) is 0 Å². The Bertz CT molecular complexity index is 377. The molecule has 2 aliphatic rings. The van der Waals surface area contributed by atoms with E-state index in [1.54, 1.807) is 4.90 Å². The summed E-state index contributed by atoms with van der Waals surface area (Å²) in [5, 5.41) is 12.3. The number of carboxylic acids is 1. The lowest BCUT2D eigenvalue weighted by molar-refractivity contribution is -0.142. The van der Waals surface area contributed by atoms with Gasteiger partial charge in [0.25, 0.3) is 0 Å². The molecule has 0 aliphatic carbocycles. The molecule has 2 heterocycles. The van der Waals surface area contributed by atoms with E-state index in [9.17, 15) is 9.59 Å². The van der Waals surface area contributed by atoms with Crippen LogP contribution < -0.4 is 5.32 Å². The normalized spacial score (nSPS) is 30.9. The molecule has 6 heteroatoms. The zero-order valence-electron chi connectivity index (χ0n) is 11.7. The first kappa shape index (κ1) is 14.1. The van der Waals surface area contributed by atoms with Crippen LogP contribution in [0.5, 0.6) is 0 Å². The third-order valence-corrected chi connectivity index (χ3v) is 3.75. The number of carbonyl (C=O) groups is 2. The molecule has 0 aromatic carbocycles. The number of nitrogens with one attached hydrogen (secondary N) is 1. The third-order valence-electron chi connectivity index (χ3n) is 3.75. The van der Waals surface area contributed by atoms with Gasteiger partial charge in [-0.1, -0.05) is 0 Å². The minimum absolute atomic E-state index is 0.0716. The van der Waals surface area contributed by atoms with Crippen LogP contribution in [0.25, 0.3) is 0 Å². The molecule has 0 saturated carbocycles. The van der Waals surface area contributed by atoms with Crippen molar-refractivity contribution in [2.75, 3.05) is 19.6 Å². The van der Waals surface area contributed by atoms with Gasteiger partial charge in [-0.15, -0.1) is 0 Å². The Kier molecular flexibility index (Phi) is 3.71. The minimum Gasteiger partial charge on any atom is -0.481 e. The molecule has 0 aromatic rings. The fraction of sp³-hybridized carbons (Fsp3) is 0.846. The molecule has 0 spiro atoms. The largest absolute Gasteiger partial charge is 0.481 e. The Morgan fingerprint density at radius 3 is 2.63 bits per heavy atom. The Morgan fingerprint density at radius 2 is 2.05 bits per heavy atom. The van der Waals surface area contributed by atoms with Crippen molar-refractivity contribution in [1.29, 1.82) is 0 Å². The maximum absolute atomic E-state index is 12.0. The number of carbonyl (C=O) groups excluding carboxylic acids is 1. The summed E-state index contributed by atoms with van der Waals surface area (Å²) in [6, 6.07) is 0.0716. The standard InChI is InChI=1S/C13H22N2O4/c1-13(2,3)19-12(18)15-5-4-8-9(11(16)17)6-14-10(8)7-15/h8-10,14H,4-7H2,1-3H3,(H,16,17). The van der Waals surface area contributed by atoms with E-state index in [4.69, 9.17) is 9.84 Å². The number of carboxylic acid groups (broad SMARTS) is 1. The lowest BCUT2D eigenvalue weighted by atomic mass is 9.85. The first-order chi connectivity index (χ1) is 8.78. The van der Waals surface area contributed by atoms with Crippen LogP contribution in [0.15, 0.2) is 0 Å². The zero-order valence-corrected chi connectivity index (χ0v) is 11.7. The summed E-state index contributed by atoms with van der Waals surface area (Å²) < 4.78 is 5.34. The SMILES string of the molecule is CC(C)(C)OC(=O)N1CCC2C(C1)NCC2C(=O)O. The van der Waals surface area contributed by atoms with E-state index >= 15 is 0 Å². The Labute approximate surface area is 113 Å². The van der Waals surface area contributed by atoms with Gasteiger partial charge in [0.15, 0.2) is 0 Å². The predicted octanol–water partition coefficient (Wildman–Crippen LogP) is 0.916. The molecule has 0 radical (unpaired) electrons. The number of ether oxygens (including phenoxy) is 1. The Morgan fingerprint density at radius 1 is 1.37 bits per heavy atom. The number of fused-ring (bicyclic) bond motifs is 1. The number of hydrogen-bond donors (Lipinski definition) is 2. The first-order valence-corrected chi connectivity index (χ1v) is 6.72. The van der Waals surface area contributed by atoms with Crippen molar-refractivity contribution in [2.24, 2.45) is 11.8 Å². The molecule has 1 amide bonds. The smallest absolute Gasteiger partial charge is 0.410 e. The number of rotatable bonds is 1. The van der Waals surface area contributed by atoms with Gasteiger partial charge in [-0.25, -0.2) is 4.79 Å². The highest BCUT2D eigenvalue weighted by molar-refractivity contribution is 5.72. The number of nitrogens with zero attached hydrogens (tertiary/aromatic N) is 1. The number of hydrogen-bond acceptors (Lipinski definition) is 4. The zero-order chi connectivity index (χ0) is 14.2. The van der Waals surface area contributed by atoms with Crippen molar-refractivity contribution in [1.82, 2.24) is 10.2 Å². The van der Waals surface area contributed by atoms with Gasteiger partial charge < -0.3 is 20.1 Å². The van der Waals surface area contributed by atoms with Crippen LogP contribution in [-0.4, -0.2) is 53.3 Å². The highest BCUT2D eigenvalue weighted by Gasteiger charge is 2.44. The Hall–Kier alpha value is -1.30. The van der Waals surface area contributed by atoms with Crippen LogP contribution in [0.1, 0.15) is 27.2 Å². The van der Waals surface area contributed by atoms with Gasteiger partial charge >= 0.3 is 12.1 Å². The van der Waals surface area contributed by atoms with Gasteiger partial charge in [0.1, 0.15) is 5.60 Å². The van der Waals surface area contributed by atoms with E-state index in [-0.39, 0.29) is 24.0 Å². The molecule has 0 aromatic heterocycles. The van der Waals surface area contributed by atoms with Crippen LogP contribution in [0, 0.1) is 11.8 Å². The molecule has 2 N–H and O–H groups in total. The van der Waals surface area contributed by atoms with Crippen molar-refractivity contribution in [3.05, 3.63) is 0 Å². The second kappa shape index (κ2) is 5.00. The van der Waals surface area contributed by atoms with Crippen molar-refractivity contribution in [3.63, 3.8) is 0 Å². The van der Waals surface area contributed by atoms with Gasteiger partial charge in [0, 0.05) is 25.7 Å². The molecule has 3 atom stereocenters. The van der Waals surface area contributed by atoms with E-state index in [0.717, 1.165) is 0 Å². The molecule has 2 rings (SSSR count). The molecule has 2 aliphatic heterocycles. The first-order valence-electron chi connectivity index (χ1n) is 6.72. The van der Waals surface area contributed by atoms with E-state index in [2.05, 4.69) is 5.32 Å². The summed E-state index contributed by atoms with van der Waals surface area (Å²) in [6.45, 7) is 7.11. The molecular weight excluding hydrogens is 248 g/mol. The highest BCUT2D eigenvalue weighted by Crippen LogP contribution is 2.31. The molecule has 19 heavy (non-hydrogen) atoms. The summed E-state index contributed by atoms with van der Waals surface area (Å²) in [7, 11) is 0. The summed E-state index contributed by atoms with van der Waals surface area (Å²) in [5.74, 6) is -0.951. The average molecular weight is 270 g/mol. The lowest BCUT2D eigenvalue weighted by Gasteiger charge is -2.36. The molecule has 2 fully saturated rings. The van der Waals surface area contributed by atoms with Gasteiger partial charge in [-0.2, -0.15) is 0 Å². The molecule has 108 valence electrons. The fourth-order valence-electron chi connectivity index (χ4n) is 2.86. The molecular formula is C13H22N2O4. The van der Waals surface area contributed by atoms with Crippen molar-refractivity contribution < 1.29 is 19.4 Å². The quantitative estimate of drug-likeness (QED) is 0.740. The summed E-state index contributed by atoms with van der Waals surface area (Å²) in [5.41, 5.74) is -0.499. The van der Waals surface area contributed by atoms with E-state index in [0.29, 0.717) is 26.1 Å². The highest BCUT2D eigenvalue weighted by atomic mass is 16.6. The van der Waals surface area contributed by atoms with Crippen LogP contribution in [0.4, 0.5) is 4.79 Å². The maximum atomic E-state index is 12.0. The third kappa shape index (κ3) is 3.18. The minimum atomic E-state index is -0.745. The van der Waals surface area contributed by atoms with Crippen LogP contribution >= 0.6 is 0 Å². The maximum Gasteiger partial charge on any atom is 0.410 e. The van der Waals surface area contributed by atoms with Gasteiger partial charge in [-0.3, -0.25) is 4.79 Å². The van der Waals surface area contributed by atoms with Crippen molar-refractivity contribution in [2.45, 2.75) is 38.8 Å². The molecule has 3 unspecified atom stereocenters. The fourth-order valence-corrected chi connectivity index (χ4v) is 2.86. The Balaban J connectivity index is 1.94. The summed E-state index contributed by atoms with van der Waals surface area (Å²) in [6.07, 6.45) is 0.403. The second-order valence-electron chi connectivity index (χ2n) is 6.34. The number of piperidine rings is 1. The van der Waals surface area contributed by atoms with Gasteiger partial charge in [-0.05, 0) is 33.1 Å². The topological polar surface area (TPSA) is 78.9 Å². The lowest BCUT2D eigenvalue weighted by Crippen LogP contribution is -2.50. The van der Waals surface area contributed by atoms with Crippen molar-refractivity contribution >= 4 is 12.1 Å². The second-order valence-corrected chi connectivity index (χ2v) is 6.34. The van der Waals surface area contributed by atoms with E-state index in [1.165, 1.54) is 0 Å². The summed E-state index contributed by atoms with van der Waals surface area (Å²) in [4.78, 5) is 24.8. The van der Waals surface area contributed by atoms with Crippen molar-refractivity contribution in [3.8, 4) is 0 Å². The van der Waals surface area contributed by atoms with Gasteiger partial charge in [0.2, 0.25) is 0 Å². The molecule has 2 saturated heterocycles. The predicted molar refractivity (Wildman–Crippen MR) is 68.8 cm³/mol. The van der Waals surface area contributed by atoms with Crippen LogP contribution in [-0.2, 0) is 9.53 Å². The number of aliphatic carboxylic acids is 1. The number of amides is 1. The van der Waals surface area contributed by atoms with Crippen LogP contribution in [0.3, 0.4) is 0 Å². The van der Waals surface area contributed by atoms with E-state index < -0.39 is 11.6 Å². The monoisotopic (exact) mass is 270 g/mol. The van der Waals surface area contributed by atoms with E-state index in [1.807, 2.05) is 20.8 Å². The molecule has 0 bridgehead atoms.